The molecule has 32 heavy (non-hydrogen) atoms. The maximum Gasteiger partial charge on any atom is 0.195 e. The normalized spacial score (nSPS) is 11.5. The Morgan fingerprint density at radius 2 is 1.75 bits per heavy atom. The lowest BCUT2D eigenvalue weighted by atomic mass is 10.1. The zero-order chi connectivity index (χ0) is 22.5. The number of H-pyrrole nitrogens is 1. The topological polar surface area (TPSA) is 96.4 Å². The minimum absolute atomic E-state index is 0.0323. The van der Waals surface area contributed by atoms with E-state index in [0.717, 1.165) is 47.1 Å². The van der Waals surface area contributed by atoms with Crippen LogP contribution in [0.2, 0.25) is 0 Å². The predicted molar refractivity (Wildman–Crippen MR) is 126 cm³/mol. The van der Waals surface area contributed by atoms with Crippen LogP contribution in [-0.4, -0.2) is 36.3 Å². The van der Waals surface area contributed by atoms with Gasteiger partial charge in [-0.3, -0.25) is 14.3 Å². The van der Waals surface area contributed by atoms with E-state index in [4.69, 9.17) is 17.3 Å². The monoisotopic (exact) mass is 447 g/mol. The first-order chi connectivity index (χ1) is 15.6. The molecule has 9 heteroatoms. The van der Waals surface area contributed by atoms with Crippen LogP contribution in [0.3, 0.4) is 0 Å². The molecule has 0 aliphatic carbocycles. The molecule has 0 unspecified atom stereocenters. The number of hydrogen-bond donors (Lipinski definition) is 2. The number of nitrogens with one attached hydrogen (secondary N) is 1. The van der Waals surface area contributed by atoms with Gasteiger partial charge in [-0.1, -0.05) is 30.3 Å². The summed E-state index contributed by atoms with van der Waals surface area (Å²) in [6, 6.07) is 18.1. The average molecular weight is 448 g/mol. The average Bonchev–Trinajstić information content (AvgIpc) is 3.31. The van der Waals surface area contributed by atoms with Gasteiger partial charge in [0.25, 0.3) is 0 Å². The van der Waals surface area contributed by atoms with E-state index in [-0.39, 0.29) is 6.61 Å². The number of rotatable bonds is 8. The molecule has 0 spiro atoms. The van der Waals surface area contributed by atoms with Crippen molar-refractivity contribution in [3.8, 4) is 11.4 Å². The molecule has 0 amide bonds. The molecule has 0 atom stereocenters. The summed E-state index contributed by atoms with van der Waals surface area (Å²) in [4.78, 5) is 0. The fourth-order valence-corrected chi connectivity index (χ4v) is 3.78. The van der Waals surface area contributed by atoms with Crippen LogP contribution in [0, 0.1) is 18.6 Å². The molecule has 0 bridgehead atoms. The molecule has 0 aliphatic heterocycles. The van der Waals surface area contributed by atoms with Gasteiger partial charge in [-0.25, -0.2) is 0 Å². The number of hydrogen-bond acceptors (Lipinski definition) is 6. The van der Waals surface area contributed by atoms with Crippen LogP contribution >= 0.6 is 12.2 Å². The van der Waals surface area contributed by atoms with Gasteiger partial charge in [-0.15, -0.1) is 5.11 Å². The summed E-state index contributed by atoms with van der Waals surface area (Å²) in [5.41, 5.74) is 5.32. The van der Waals surface area contributed by atoms with E-state index in [9.17, 15) is 0 Å². The lowest BCUT2D eigenvalue weighted by molar-refractivity contribution is 0.268. The summed E-state index contributed by atoms with van der Waals surface area (Å²) in [5.74, 6) is 0.798. The highest BCUT2D eigenvalue weighted by molar-refractivity contribution is 7.71. The van der Waals surface area contributed by atoms with Crippen LogP contribution < -0.4 is 0 Å². The van der Waals surface area contributed by atoms with Crippen LogP contribution in [0.25, 0.3) is 11.4 Å². The fraction of sp³-hybridized carbons (Fsp3) is 0.261. The molecular weight excluding hydrogens is 422 g/mol. The van der Waals surface area contributed by atoms with E-state index in [1.54, 1.807) is 4.68 Å². The fourth-order valence-electron chi connectivity index (χ4n) is 3.56. The van der Waals surface area contributed by atoms with E-state index in [0.29, 0.717) is 11.3 Å². The zero-order valence-corrected chi connectivity index (χ0v) is 18.9. The van der Waals surface area contributed by atoms with Crippen LogP contribution in [0.4, 0.5) is 11.4 Å². The molecule has 4 rings (SSSR count). The van der Waals surface area contributed by atoms with Gasteiger partial charge in [0.1, 0.15) is 5.69 Å². The summed E-state index contributed by atoms with van der Waals surface area (Å²) in [7, 11) is 0. The first-order valence-electron chi connectivity index (χ1n) is 10.4. The Bertz CT molecular complexity index is 1270. The van der Waals surface area contributed by atoms with Gasteiger partial charge < -0.3 is 5.11 Å². The quantitative estimate of drug-likeness (QED) is 0.291. The van der Waals surface area contributed by atoms with E-state index < -0.39 is 0 Å². The summed E-state index contributed by atoms with van der Waals surface area (Å²) >= 11 is 5.44. The van der Waals surface area contributed by atoms with E-state index >= 15 is 0 Å². The second-order valence-corrected chi connectivity index (χ2v) is 7.84. The van der Waals surface area contributed by atoms with Gasteiger partial charge in [0.05, 0.1) is 30.2 Å². The van der Waals surface area contributed by atoms with Gasteiger partial charge in [0, 0.05) is 12.1 Å². The molecule has 0 fully saturated rings. The van der Waals surface area contributed by atoms with Crippen molar-refractivity contribution in [1.29, 1.82) is 0 Å². The van der Waals surface area contributed by atoms with Crippen LogP contribution in [-0.2, 0) is 19.5 Å². The van der Waals surface area contributed by atoms with Crippen molar-refractivity contribution in [2.75, 3.05) is 6.61 Å². The molecule has 2 aromatic heterocycles. The molecule has 0 radical (unpaired) electrons. The molecule has 8 nitrogen and oxygen atoms in total. The van der Waals surface area contributed by atoms with Gasteiger partial charge in [-0.05, 0) is 62.3 Å². The predicted octanol–water partition coefficient (Wildman–Crippen LogP) is 5.07. The van der Waals surface area contributed by atoms with E-state index in [1.165, 1.54) is 5.56 Å². The summed E-state index contributed by atoms with van der Waals surface area (Å²) in [6.45, 7) is 5.02. The first kappa shape index (κ1) is 21.8. The Hall–Kier alpha value is -3.43. The molecule has 0 aliphatic rings. The molecule has 2 N–H and O–H groups in total. The highest BCUT2D eigenvalue weighted by atomic mass is 32.1. The van der Waals surface area contributed by atoms with Crippen molar-refractivity contribution < 1.29 is 5.11 Å². The van der Waals surface area contributed by atoms with Gasteiger partial charge >= 0.3 is 0 Å². The largest absolute Gasteiger partial charge is 0.394 e. The van der Waals surface area contributed by atoms with Gasteiger partial charge in [0.15, 0.2) is 10.6 Å². The number of aromatic amines is 1. The maximum atomic E-state index is 9.15. The summed E-state index contributed by atoms with van der Waals surface area (Å²) < 4.78 is 4.36. The van der Waals surface area contributed by atoms with Crippen LogP contribution in [0.15, 0.2) is 64.8 Å². The summed E-state index contributed by atoms with van der Waals surface area (Å²) in [5, 5.41) is 29.6. The molecular formula is C23H25N7OS. The molecule has 0 saturated heterocycles. The van der Waals surface area contributed by atoms with Crippen molar-refractivity contribution in [3.63, 3.8) is 0 Å². The first-order valence-corrected chi connectivity index (χ1v) is 10.8. The van der Waals surface area contributed by atoms with Crippen molar-refractivity contribution in [2.24, 2.45) is 10.2 Å². The zero-order valence-electron chi connectivity index (χ0n) is 18.1. The summed E-state index contributed by atoms with van der Waals surface area (Å²) in [6.07, 6.45) is 0.872. The van der Waals surface area contributed by atoms with Crippen molar-refractivity contribution >= 4 is 23.6 Å². The number of azo groups is 1. The number of aromatic nitrogens is 5. The lowest BCUT2D eigenvalue weighted by Crippen LogP contribution is -2.05. The third-order valence-corrected chi connectivity index (χ3v) is 5.58. The minimum atomic E-state index is 0.0323. The Balaban J connectivity index is 1.51. The second-order valence-electron chi connectivity index (χ2n) is 7.45. The number of aliphatic hydroxyl groups is 1. The molecule has 4 aromatic rings. The Morgan fingerprint density at radius 1 is 1.00 bits per heavy atom. The third kappa shape index (κ3) is 4.74. The standard InChI is InChI=1S/C23H25N7OS/c1-16-21(17(2)30(28-16)14-15-31)25-24-20-10-8-19(9-11-20)22-26-27-23(32)29(22)13-12-18-6-4-3-5-7-18/h3-11,31H,12-15H2,1-2H3,(H,27,32). The number of benzene rings is 2. The highest BCUT2D eigenvalue weighted by Gasteiger charge is 2.11. The van der Waals surface area contributed by atoms with Crippen molar-refractivity contribution in [3.05, 3.63) is 76.3 Å². The Labute approximate surface area is 191 Å². The van der Waals surface area contributed by atoms with Gasteiger partial charge in [0.2, 0.25) is 0 Å². The Kier molecular flexibility index (Phi) is 6.67. The molecule has 2 heterocycles. The lowest BCUT2D eigenvalue weighted by Gasteiger charge is -2.07. The van der Waals surface area contributed by atoms with E-state index in [2.05, 4.69) is 37.7 Å². The Morgan fingerprint density at radius 3 is 2.47 bits per heavy atom. The maximum absolute atomic E-state index is 9.15. The van der Waals surface area contributed by atoms with Crippen LogP contribution in [0.5, 0.6) is 0 Å². The second kappa shape index (κ2) is 9.80. The number of nitrogens with zero attached hydrogens (tertiary/aromatic N) is 6. The highest BCUT2D eigenvalue weighted by Crippen LogP contribution is 2.27. The third-order valence-electron chi connectivity index (χ3n) is 5.27. The van der Waals surface area contributed by atoms with Crippen LogP contribution in [0.1, 0.15) is 17.0 Å². The minimum Gasteiger partial charge on any atom is -0.394 e. The SMILES string of the molecule is Cc1nn(CCO)c(C)c1N=Nc1ccc(-c2n[nH]c(=S)n2CCc2ccccc2)cc1. The van der Waals surface area contributed by atoms with E-state index in [1.807, 2.05) is 60.9 Å². The number of aliphatic hydroxyl groups excluding tert-OH is 1. The molecule has 0 saturated carbocycles. The van der Waals surface area contributed by atoms with Gasteiger partial charge in [-0.2, -0.15) is 15.3 Å². The van der Waals surface area contributed by atoms with Crippen molar-refractivity contribution in [2.45, 2.75) is 33.4 Å². The molecule has 2 aromatic carbocycles. The number of aryl methyl sites for hydroxylation is 2. The van der Waals surface area contributed by atoms with Crippen molar-refractivity contribution in [1.82, 2.24) is 24.5 Å². The smallest absolute Gasteiger partial charge is 0.195 e. The molecule has 164 valence electrons.